The van der Waals surface area contributed by atoms with Gasteiger partial charge in [0.2, 0.25) is 0 Å². The summed E-state index contributed by atoms with van der Waals surface area (Å²) in [5.41, 5.74) is 2.25. The second-order valence-electron chi connectivity index (χ2n) is 5.96. The fraction of sp³-hybridized carbons (Fsp3) is 0.500. The summed E-state index contributed by atoms with van der Waals surface area (Å²) >= 11 is 0. The van der Waals surface area contributed by atoms with Crippen LogP contribution in [0.25, 0.3) is 0 Å². The minimum Gasteiger partial charge on any atom is -0.478 e. The molecule has 0 unspecified atom stereocenters. The standard InChI is InChI=1S/C16H20N2O3/c19-15(20)12-4-5-13-9-18(10-14(13)8-12)16(21)17-7-6-11-2-1-3-11/h4-5,8,11H,1-3,6-7,9-10H2,(H,17,21)(H,19,20). The van der Waals surface area contributed by atoms with Crippen LogP contribution in [-0.4, -0.2) is 28.6 Å². The van der Waals surface area contributed by atoms with Crippen LogP contribution in [0.1, 0.15) is 47.2 Å². The van der Waals surface area contributed by atoms with Gasteiger partial charge in [0.15, 0.2) is 0 Å². The van der Waals surface area contributed by atoms with Crippen molar-refractivity contribution in [3.63, 3.8) is 0 Å². The Morgan fingerprint density at radius 3 is 2.67 bits per heavy atom. The molecule has 1 heterocycles. The van der Waals surface area contributed by atoms with Crippen molar-refractivity contribution in [2.75, 3.05) is 6.54 Å². The molecular weight excluding hydrogens is 268 g/mol. The Bertz CT molecular complexity index is 567. The first-order chi connectivity index (χ1) is 10.1. The van der Waals surface area contributed by atoms with Crippen LogP contribution >= 0.6 is 0 Å². The summed E-state index contributed by atoms with van der Waals surface area (Å²) in [5.74, 6) is -0.139. The molecule has 5 nitrogen and oxygen atoms in total. The highest BCUT2D eigenvalue weighted by atomic mass is 16.4. The quantitative estimate of drug-likeness (QED) is 0.894. The van der Waals surface area contributed by atoms with Crippen molar-refractivity contribution >= 4 is 12.0 Å². The fourth-order valence-electron chi connectivity index (χ4n) is 2.95. The van der Waals surface area contributed by atoms with Crippen LogP contribution in [0.15, 0.2) is 18.2 Å². The molecule has 0 saturated heterocycles. The summed E-state index contributed by atoms with van der Waals surface area (Å²) in [6, 6.07) is 5.02. The normalized spacial score (nSPS) is 17.2. The van der Waals surface area contributed by atoms with Crippen molar-refractivity contribution < 1.29 is 14.7 Å². The van der Waals surface area contributed by atoms with Gasteiger partial charge in [-0.25, -0.2) is 9.59 Å². The summed E-state index contributed by atoms with van der Waals surface area (Å²) in [4.78, 5) is 24.8. The van der Waals surface area contributed by atoms with Gasteiger partial charge in [0, 0.05) is 19.6 Å². The minimum atomic E-state index is -0.929. The predicted octanol–water partition coefficient (Wildman–Crippen LogP) is 2.60. The molecule has 0 radical (unpaired) electrons. The zero-order valence-corrected chi connectivity index (χ0v) is 12.0. The lowest BCUT2D eigenvalue weighted by molar-refractivity contribution is 0.0696. The number of carboxylic acid groups (broad SMARTS) is 1. The van der Waals surface area contributed by atoms with Gasteiger partial charge in [0.1, 0.15) is 0 Å². The zero-order valence-electron chi connectivity index (χ0n) is 12.0. The van der Waals surface area contributed by atoms with E-state index in [1.807, 2.05) is 0 Å². The Balaban J connectivity index is 1.53. The van der Waals surface area contributed by atoms with Crippen LogP contribution < -0.4 is 5.32 Å². The predicted molar refractivity (Wildman–Crippen MR) is 78.0 cm³/mol. The third-order valence-corrected chi connectivity index (χ3v) is 4.52. The number of carbonyl (C=O) groups excluding carboxylic acids is 1. The lowest BCUT2D eigenvalue weighted by Gasteiger charge is -2.25. The van der Waals surface area contributed by atoms with E-state index in [1.165, 1.54) is 19.3 Å². The topological polar surface area (TPSA) is 69.6 Å². The van der Waals surface area contributed by atoms with Gasteiger partial charge in [-0.2, -0.15) is 0 Å². The summed E-state index contributed by atoms with van der Waals surface area (Å²) in [6.45, 7) is 1.78. The van der Waals surface area contributed by atoms with E-state index < -0.39 is 5.97 Å². The van der Waals surface area contributed by atoms with Crippen LogP contribution in [0.2, 0.25) is 0 Å². The molecule has 2 N–H and O–H groups in total. The van der Waals surface area contributed by atoms with Crippen molar-refractivity contribution in [1.82, 2.24) is 10.2 Å². The van der Waals surface area contributed by atoms with Gasteiger partial charge < -0.3 is 15.3 Å². The Morgan fingerprint density at radius 1 is 1.24 bits per heavy atom. The maximum atomic E-state index is 12.1. The van der Waals surface area contributed by atoms with E-state index in [-0.39, 0.29) is 11.6 Å². The zero-order chi connectivity index (χ0) is 14.8. The number of nitrogens with zero attached hydrogens (tertiary/aromatic N) is 1. The van der Waals surface area contributed by atoms with Crippen LogP contribution in [0.3, 0.4) is 0 Å². The second-order valence-corrected chi connectivity index (χ2v) is 5.96. The number of rotatable bonds is 4. The van der Waals surface area contributed by atoms with Gasteiger partial charge in [-0.15, -0.1) is 0 Å². The van der Waals surface area contributed by atoms with Crippen molar-refractivity contribution in [2.24, 2.45) is 5.92 Å². The van der Waals surface area contributed by atoms with Gasteiger partial charge >= 0.3 is 12.0 Å². The molecule has 0 bridgehead atoms. The highest BCUT2D eigenvalue weighted by Crippen LogP contribution is 2.29. The van der Waals surface area contributed by atoms with Crippen molar-refractivity contribution in [2.45, 2.75) is 38.8 Å². The minimum absolute atomic E-state index is 0.0533. The molecule has 2 aliphatic rings. The molecule has 1 fully saturated rings. The number of benzene rings is 1. The molecule has 2 amide bonds. The number of hydrogen-bond acceptors (Lipinski definition) is 2. The molecule has 0 atom stereocenters. The number of nitrogens with one attached hydrogen (secondary N) is 1. The Hall–Kier alpha value is -2.04. The number of carbonyl (C=O) groups is 2. The average molecular weight is 288 g/mol. The second kappa shape index (κ2) is 5.76. The Kier molecular flexibility index (Phi) is 3.82. The maximum absolute atomic E-state index is 12.1. The van der Waals surface area contributed by atoms with E-state index in [4.69, 9.17) is 5.11 Å². The molecule has 5 heteroatoms. The SMILES string of the molecule is O=C(O)c1ccc2c(c1)CN(C(=O)NCCC1CCC1)C2. The molecular formula is C16H20N2O3. The van der Waals surface area contributed by atoms with Crippen LogP contribution in [-0.2, 0) is 13.1 Å². The molecule has 1 aliphatic heterocycles. The summed E-state index contributed by atoms with van der Waals surface area (Å²) in [6.07, 6.45) is 4.98. The first kappa shape index (κ1) is 13.9. The van der Waals surface area contributed by atoms with Gasteiger partial charge in [0.25, 0.3) is 0 Å². The third-order valence-electron chi connectivity index (χ3n) is 4.52. The van der Waals surface area contributed by atoms with Crippen molar-refractivity contribution in [1.29, 1.82) is 0 Å². The number of fused-ring (bicyclic) bond motifs is 1. The van der Waals surface area contributed by atoms with E-state index >= 15 is 0 Å². The summed E-state index contributed by atoms with van der Waals surface area (Å²) < 4.78 is 0. The number of aromatic carboxylic acids is 1. The lowest BCUT2D eigenvalue weighted by Crippen LogP contribution is -2.37. The highest BCUT2D eigenvalue weighted by Gasteiger charge is 2.24. The summed E-state index contributed by atoms with van der Waals surface area (Å²) in [7, 11) is 0. The number of hydrogen-bond donors (Lipinski definition) is 2. The lowest BCUT2D eigenvalue weighted by atomic mass is 9.83. The van der Waals surface area contributed by atoms with Crippen molar-refractivity contribution in [3.05, 3.63) is 34.9 Å². The van der Waals surface area contributed by atoms with Gasteiger partial charge in [0.05, 0.1) is 5.56 Å². The number of amides is 2. The van der Waals surface area contributed by atoms with E-state index in [9.17, 15) is 9.59 Å². The maximum Gasteiger partial charge on any atom is 0.335 e. The molecule has 0 aromatic heterocycles. The molecule has 3 rings (SSSR count). The summed E-state index contributed by atoms with van der Waals surface area (Å²) in [5, 5.41) is 12.0. The van der Waals surface area contributed by atoms with E-state index in [0.29, 0.717) is 13.1 Å². The van der Waals surface area contributed by atoms with Crippen LogP contribution in [0.4, 0.5) is 4.79 Å². The van der Waals surface area contributed by atoms with Gasteiger partial charge in [-0.3, -0.25) is 0 Å². The average Bonchev–Trinajstić information content (AvgIpc) is 2.84. The smallest absolute Gasteiger partial charge is 0.335 e. The third kappa shape index (κ3) is 3.01. The monoisotopic (exact) mass is 288 g/mol. The van der Waals surface area contributed by atoms with Crippen molar-refractivity contribution in [3.8, 4) is 0 Å². The van der Waals surface area contributed by atoms with Gasteiger partial charge in [-0.05, 0) is 35.6 Å². The van der Waals surface area contributed by atoms with Crippen LogP contribution in [0, 0.1) is 5.92 Å². The van der Waals surface area contributed by atoms with Crippen LogP contribution in [0.5, 0.6) is 0 Å². The molecule has 112 valence electrons. The number of urea groups is 1. The molecule has 0 spiro atoms. The van der Waals surface area contributed by atoms with E-state index in [1.54, 1.807) is 23.1 Å². The first-order valence-electron chi connectivity index (χ1n) is 7.51. The largest absolute Gasteiger partial charge is 0.478 e. The van der Waals surface area contributed by atoms with Gasteiger partial charge in [-0.1, -0.05) is 25.3 Å². The molecule has 1 aliphatic carbocycles. The number of carboxylic acids is 1. The first-order valence-corrected chi connectivity index (χ1v) is 7.51. The Morgan fingerprint density at radius 2 is 2.00 bits per heavy atom. The molecule has 1 aromatic rings. The fourth-order valence-corrected chi connectivity index (χ4v) is 2.95. The Labute approximate surface area is 123 Å². The molecule has 1 saturated carbocycles. The molecule has 21 heavy (non-hydrogen) atoms. The van der Waals surface area contributed by atoms with E-state index in [2.05, 4.69) is 5.32 Å². The highest BCUT2D eigenvalue weighted by molar-refractivity contribution is 5.88. The van der Waals surface area contributed by atoms with E-state index in [0.717, 1.165) is 30.0 Å². The molecule has 1 aromatic carbocycles.